The number of hydrogen-bond acceptors (Lipinski definition) is 6. The zero-order valence-electron chi connectivity index (χ0n) is 15.8. The van der Waals surface area contributed by atoms with E-state index in [4.69, 9.17) is 14.2 Å². The van der Waals surface area contributed by atoms with Crippen LogP contribution in [0.1, 0.15) is 58.3 Å². The molecule has 0 amide bonds. The minimum atomic E-state index is -0.388. The molecule has 1 aromatic rings. The number of hydrogen-bond donors (Lipinski definition) is 1. The van der Waals surface area contributed by atoms with E-state index in [0.717, 1.165) is 25.8 Å². The average molecular weight is 364 g/mol. The van der Waals surface area contributed by atoms with Crippen molar-refractivity contribution in [2.75, 3.05) is 32.9 Å². The van der Waals surface area contributed by atoms with Gasteiger partial charge in [0.2, 0.25) is 0 Å². The highest BCUT2D eigenvalue weighted by atomic mass is 16.7. The number of rotatable bonds is 6. The number of ketones is 1. The monoisotopic (exact) mass is 364 g/mol. The summed E-state index contributed by atoms with van der Waals surface area (Å²) < 4.78 is 16.4. The van der Waals surface area contributed by atoms with Gasteiger partial charge in [0.1, 0.15) is 0 Å². The molecule has 2 saturated heterocycles. The number of carbonyl (C=O) groups is 2. The highest BCUT2D eigenvalue weighted by molar-refractivity contribution is 6.02. The van der Waals surface area contributed by atoms with E-state index in [2.05, 4.69) is 9.88 Å². The lowest BCUT2D eigenvalue weighted by Gasteiger charge is -2.37. The smallest absolute Gasteiger partial charge is 0.340 e. The minimum absolute atomic E-state index is 0.0222. The maximum atomic E-state index is 12.9. The second-order valence-corrected chi connectivity index (χ2v) is 6.91. The Labute approximate surface area is 154 Å². The number of nitrogens with one attached hydrogen (secondary N) is 1. The van der Waals surface area contributed by atoms with Gasteiger partial charge in [0.15, 0.2) is 12.1 Å². The number of piperidine rings is 1. The summed E-state index contributed by atoms with van der Waals surface area (Å²) in [5.41, 5.74) is 2.28. The van der Waals surface area contributed by atoms with Gasteiger partial charge in [-0.1, -0.05) is 6.42 Å². The van der Waals surface area contributed by atoms with Crippen LogP contribution in [0.2, 0.25) is 0 Å². The fourth-order valence-electron chi connectivity index (χ4n) is 3.92. The van der Waals surface area contributed by atoms with E-state index < -0.39 is 0 Å². The van der Waals surface area contributed by atoms with E-state index in [1.807, 2.05) is 0 Å². The van der Waals surface area contributed by atoms with Gasteiger partial charge in [-0.3, -0.25) is 9.69 Å². The van der Waals surface area contributed by atoms with Crippen molar-refractivity contribution in [2.24, 2.45) is 0 Å². The molecule has 7 nitrogen and oxygen atoms in total. The fourth-order valence-corrected chi connectivity index (χ4v) is 3.92. The molecule has 2 fully saturated rings. The highest BCUT2D eigenvalue weighted by Gasteiger charge is 2.35. The van der Waals surface area contributed by atoms with Gasteiger partial charge < -0.3 is 19.2 Å². The number of likely N-dealkylation sites (tertiary alicyclic amines) is 1. The topological polar surface area (TPSA) is 80.9 Å². The van der Waals surface area contributed by atoms with E-state index in [1.54, 1.807) is 20.8 Å². The Kier molecular flexibility index (Phi) is 6.11. The molecule has 3 rings (SSSR count). The summed E-state index contributed by atoms with van der Waals surface area (Å²) >= 11 is 0. The maximum absolute atomic E-state index is 12.9. The van der Waals surface area contributed by atoms with Gasteiger partial charge in [-0.25, -0.2) is 4.79 Å². The van der Waals surface area contributed by atoms with E-state index in [0.29, 0.717) is 42.3 Å². The van der Waals surface area contributed by atoms with Crippen LogP contribution in [-0.2, 0) is 14.2 Å². The molecule has 0 spiro atoms. The standard InChI is InChI=1S/C19H28N2O5/c1-4-24-18(23)16-12(2)17(20-13(16)3)15(22)11-21-8-6-5-7-14(21)19-25-9-10-26-19/h14,19-20H,4-11H2,1-3H3. The fraction of sp³-hybridized carbons (Fsp3) is 0.684. The first-order valence-corrected chi connectivity index (χ1v) is 9.39. The van der Waals surface area contributed by atoms with Crippen LogP contribution in [0.3, 0.4) is 0 Å². The van der Waals surface area contributed by atoms with Crippen molar-refractivity contribution in [2.45, 2.75) is 52.4 Å². The van der Waals surface area contributed by atoms with Gasteiger partial charge in [0.05, 0.1) is 43.7 Å². The summed E-state index contributed by atoms with van der Waals surface area (Å²) in [4.78, 5) is 30.3. The molecule has 0 aliphatic carbocycles. The first-order chi connectivity index (χ1) is 12.5. The molecule has 1 unspecified atom stereocenters. The van der Waals surface area contributed by atoms with Crippen LogP contribution in [0, 0.1) is 13.8 Å². The lowest BCUT2D eigenvalue weighted by molar-refractivity contribution is -0.107. The van der Waals surface area contributed by atoms with E-state index in [9.17, 15) is 9.59 Å². The molecule has 26 heavy (non-hydrogen) atoms. The molecule has 0 aromatic carbocycles. The molecule has 1 atom stereocenters. The zero-order valence-corrected chi connectivity index (χ0v) is 15.8. The SMILES string of the molecule is CCOC(=O)c1c(C)[nH]c(C(=O)CN2CCCCC2C2OCCO2)c1C. The second-order valence-electron chi connectivity index (χ2n) is 6.91. The summed E-state index contributed by atoms with van der Waals surface area (Å²) in [6, 6.07) is 0.107. The molecular weight excluding hydrogens is 336 g/mol. The van der Waals surface area contributed by atoms with Gasteiger partial charge in [-0.15, -0.1) is 0 Å². The number of aromatic amines is 1. The van der Waals surface area contributed by atoms with Crippen LogP contribution in [0.25, 0.3) is 0 Å². The molecule has 1 N–H and O–H groups in total. The number of nitrogens with zero attached hydrogens (tertiary/aromatic N) is 1. The quantitative estimate of drug-likeness (QED) is 0.616. The molecule has 2 aliphatic rings. The number of ether oxygens (including phenoxy) is 3. The third-order valence-electron chi connectivity index (χ3n) is 5.17. The number of H-pyrrole nitrogens is 1. The molecule has 0 radical (unpaired) electrons. The maximum Gasteiger partial charge on any atom is 0.340 e. The number of carbonyl (C=O) groups excluding carboxylic acids is 2. The molecule has 7 heteroatoms. The molecule has 144 valence electrons. The summed E-state index contributed by atoms with van der Waals surface area (Å²) in [6.07, 6.45) is 2.90. The number of aromatic nitrogens is 1. The molecular formula is C19H28N2O5. The Hall–Kier alpha value is -1.70. The van der Waals surface area contributed by atoms with E-state index in [-0.39, 0.29) is 30.6 Å². The van der Waals surface area contributed by atoms with Gasteiger partial charge in [0, 0.05) is 5.69 Å². The second kappa shape index (κ2) is 8.33. The first-order valence-electron chi connectivity index (χ1n) is 9.39. The van der Waals surface area contributed by atoms with E-state index >= 15 is 0 Å². The number of Topliss-reactive ketones (excluding diaryl/α,β-unsaturated/α-hetero) is 1. The lowest BCUT2D eigenvalue weighted by Crippen LogP contribution is -2.49. The van der Waals surface area contributed by atoms with Gasteiger partial charge >= 0.3 is 5.97 Å². The minimum Gasteiger partial charge on any atom is -0.462 e. The summed E-state index contributed by atoms with van der Waals surface area (Å²) in [6.45, 7) is 8.02. The van der Waals surface area contributed by atoms with Crippen molar-refractivity contribution in [1.82, 2.24) is 9.88 Å². The summed E-state index contributed by atoms with van der Waals surface area (Å²) in [7, 11) is 0. The van der Waals surface area contributed by atoms with Crippen molar-refractivity contribution in [3.05, 3.63) is 22.5 Å². The molecule has 2 aliphatic heterocycles. The molecule has 1 aromatic heterocycles. The van der Waals surface area contributed by atoms with Gasteiger partial charge in [-0.05, 0) is 45.7 Å². The van der Waals surface area contributed by atoms with Crippen molar-refractivity contribution >= 4 is 11.8 Å². The Morgan fingerprint density at radius 1 is 1.23 bits per heavy atom. The third-order valence-corrected chi connectivity index (χ3v) is 5.17. The Morgan fingerprint density at radius 2 is 1.96 bits per heavy atom. The molecule has 0 saturated carbocycles. The van der Waals surface area contributed by atoms with Gasteiger partial charge in [0.25, 0.3) is 0 Å². The predicted molar refractivity (Wildman–Crippen MR) is 95.5 cm³/mol. The predicted octanol–water partition coefficient (Wildman–Crippen LogP) is 2.22. The summed E-state index contributed by atoms with van der Waals surface area (Å²) in [5.74, 6) is -0.410. The highest BCUT2D eigenvalue weighted by Crippen LogP contribution is 2.26. The molecule has 3 heterocycles. The summed E-state index contributed by atoms with van der Waals surface area (Å²) in [5, 5.41) is 0. The third kappa shape index (κ3) is 3.84. The van der Waals surface area contributed by atoms with Crippen LogP contribution < -0.4 is 0 Å². The zero-order chi connectivity index (χ0) is 18.7. The Morgan fingerprint density at radius 3 is 2.65 bits per heavy atom. The number of esters is 1. The van der Waals surface area contributed by atoms with Crippen molar-refractivity contribution in [3.8, 4) is 0 Å². The lowest BCUT2D eigenvalue weighted by atomic mass is 10.0. The van der Waals surface area contributed by atoms with Gasteiger partial charge in [-0.2, -0.15) is 0 Å². The Balaban J connectivity index is 1.74. The van der Waals surface area contributed by atoms with Crippen molar-refractivity contribution < 1.29 is 23.8 Å². The van der Waals surface area contributed by atoms with Crippen molar-refractivity contribution in [1.29, 1.82) is 0 Å². The number of aryl methyl sites for hydroxylation is 1. The Bertz CT molecular complexity index is 663. The van der Waals surface area contributed by atoms with Crippen LogP contribution in [0.4, 0.5) is 0 Å². The van der Waals surface area contributed by atoms with Crippen LogP contribution in [0.15, 0.2) is 0 Å². The van der Waals surface area contributed by atoms with Crippen LogP contribution in [0.5, 0.6) is 0 Å². The van der Waals surface area contributed by atoms with E-state index in [1.165, 1.54) is 0 Å². The average Bonchev–Trinajstić information content (AvgIpc) is 3.24. The van der Waals surface area contributed by atoms with Crippen LogP contribution >= 0.6 is 0 Å². The largest absolute Gasteiger partial charge is 0.462 e. The van der Waals surface area contributed by atoms with Crippen molar-refractivity contribution in [3.63, 3.8) is 0 Å². The van der Waals surface area contributed by atoms with Crippen LogP contribution in [-0.4, -0.2) is 66.9 Å². The normalized spacial score (nSPS) is 21.9. The molecule has 0 bridgehead atoms. The first kappa shape index (κ1) is 19.1.